The predicted molar refractivity (Wildman–Crippen MR) is 129 cm³/mol. The molecule has 0 amide bonds. The van der Waals surface area contributed by atoms with Crippen LogP contribution in [0.5, 0.6) is 0 Å². The van der Waals surface area contributed by atoms with Crippen LogP contribution in [0.25, 0.3) is 22.0 Å². The Bertz CT molecular complexity index is 1490. The molecule has 1 aromatic heterocycles. The number of aromatic nitrogens is 2. The highest BCUT2D eigenvalue weighted by Crippen LogP contribution is 2.39. The second-order valence-corrected chi connectivity index (χ2v) is 8.53. The average molecular weight is 515 g/mol. The molecular formula is C26H19F6N5. The second kappa shape index (κ2) is 9.15. The minimum atomic E-state index is -4.96. The van der Waals surface area contributed by atoms with Gasteiger partial charge in [-0.05, 0) is 36.9 Å². The summed E-state index contributed by atoms with van der Waals surface area (Å²) in [7, 11) is 1.84. The number of nitrogens with one attached hydrogen (secondary N) is 2. The lowest BCUT2D eigenvalue weighted by molar-refractivity contribution is -0.143. The lowest BCUT2D eigenvalue weighted by atomic mass is 9.98. The van der Waals surface area contributed by atoms with Gasteiger partial charge in [0.15, 0.2) is 5.82 Å². The number of rotatable bonds is 5. The third-order valence-corrected chi connectivity index (χ3v) is 6.01. The fourth-order valence-corrected chi connectivity index (χ4v) is 4.31. The number of nitrogens with zero attached hydrogens (tertiary/aromatic N) is 3. The molecule has 0 fully saturated rings. The summed E-state index contributed by atoms with van der Waals surface area (Å²) in [4.78, 5) is 4.55. The first-order chi connectivity index (χ1) is 17.5. The van der Waals surface area contributed by atoms with Crippen LogP contribution in [-0.2, 0) is 18.9 Å². The molecule has 3 aromatic carbocycles. The molecule has 5 nitrogen and oxygen atoms in total. The standard InChI is InChI=1S/C26H19F6N5/c1-33-13-22-19-7-6-14(8-15(19)12-34-22)23-20-4-2-3-5-21(20)24(37-36-23)35-18-10-16(25(27,28)29)9-17(11-18)26(30,31)32/h2-11,33H,12-13H2,1H3,(H,35,37). The van der Waals surface area contributed by atoms with Crippen LogP contribution in [0, 0.1) is 0 Å². The zero-order valence-electron chi connectivity index (χ0n) is 19.3. The smallest absolute Gasteiger partial charge is 0.338 e. The third kappa shape index (κ3) is 4.86. The number of hydrogen-bond acceptors (Lipinski definition) is 5. The zero-order valence-corrected chi connectivity index (χ0v) is 19.3. The van der Waals surface area contributed by atoms with E-state index in [1.54, 1.807) is 24.3 Å². The third-order valence-electron chi connectivity index (χ3n) is 6.01. The topological polar surface area (TPSA) is 62.2 Å². The van der Waals surface area contributed by atoms with Gasteiger partial charge in [-0.25, -0.2) is 0 Å². The van der Waals surface area contributed by atoms with Crippen molar-refractivity contribution in [2.75, 3.05) is 18.9 Å². The molecule has 4 aromatic rings. The van der Waals surface area contributed by atoms with E-state index in [-0.39, 0.29) is 11.9 Å². The quantitative estimate of drug-likeness (QED) is 0.294. The molecular weight excluding hydrogens is 496 g/mol. The average Bonchev–Trinajstić information content (AvgIpc) is 3.25. The molecule has 37 heavy (non-hydrogen) atoms. The SMILES string of the molecule is CNCC1=NCc2cc(-c3nnc(Nc4cc(C(F)(F)F)cc(C(F)(F)F)c4)c4ccccc34)ccc21. The highest BCUT2D eigenvalue weighted by molar-refractivity contribution is 6.06. The largest absolute Gasteiger partial charge is 0.416 e. The van der Waals surface area contributed by atoms with E-state index >= 15 is 0 Å². The molecule has 1 aliphatic rings. The van der Waals surface area contributed by atoms with E-state index in [9.17, 15) is 26.3 Å². The Morgan fingerprint density at radius 1 is 0.811 bits per heavy atom. The van der Waals surface area contributed by atoms with Crippen molar-refractivity contribution >= 4 is 28.0 Å². The van der Waals surface area contributed by atoms with Crippen LogP contribution < -0.4 is 10.6 Å². The maximum atomic E-state index is 13.3. The highest BCUT2D eigenvalue weighted by Gasteiger charge is 2.37. The molecule has 0 radical (unpaired) electrons. The van der Waals surface area contributed by atoms with Crippen molar-refractivity contribution in [3.05, 3.63) is 82.9 Å². The molecule has 5 rings (SSSR count). The van der Waals surface area contributed by atoms with Crippen LogP contribution in [0.3, 0.4) is 0 Å². The molecule has 0 atom stereocenters. The number of likely N-dealkylation sites (N-methyl/N-ethyl adjacent to an activating group) is 1. The summed E-state index contributed by atoms with van der Waals surface area (Å²) in [6.45, 7) is 1.17. The van der Waals surface area contributed by atoms with Crippen molar-refractivity contribution in [2.24, 2.45) is 4.99 Å². The van der Waals surface area contributed by atoms with E-state index in [2.05, 4.69) is 25.8 Å². The lowest BCUT2D eigenvalue weighted by Crippen LogP contribution is -2.18. The van der Waals surface area contributed by atoms with Crippen LogP contribution in [0.4, 0.5) is 37.8 Å². The van der Waals surface area contributed by atoms with Crippen LogP contribution >= 0.6 is 0 Å². The summed E-state index contributed by atoms with van der Waals surface area (Å²) in [6, 6.07) is 14.0. The van der Waals surface area contributed by atoms with Gasteiger partial charge in [0.2, 0.25) is 0 Å². The summed E-state index contributed by atoms with van der Waals surface area (Å²) >= 11 is 0. The van der Waals surface area contributed by atoms with Gasteiger partial charge in [0.1, 0.15) is 5.69 Å². The minimum Gasteiger partial charge on any atom is -0.338 e. The van der Waals surface area contributed by atoms with Gasteiger partial charge in [0.25, 0.3) is 0 Å². The number of fused-ring (bicyclic) bond motifs is 2. The first-order valence-corrected chi connectivity index (χ1v) is 11.2. The number of anilines is 2. The van der Waals surface area contributed by atoms with Crippen molar-refractivity contribution < 1.29 is 26.3 Å². The molecule has 0 saturated heterocycles. The number of alkyl halides is 6. The van der Waals surface area contributed by atoms with Crippen LogP contribution in [0.15, 0.2) is 65.7 Å². The first kappa shape index (κ1) is 24.7. The van der Waals surface area contributed by atoms with Gasteiger partial charge < -0.3 is 10.6 Å². The van der Waals surface area contributed by atoms with E-state index in [1.165, 1.54) is 0 Å². The van der Waals surface area contributed by atoms with E-state index in [0.29, 0.717) is 41.7 Å². The Morgan fingerprint density at radius 2 is 1.49 bits per heavy atom. The predicted octanol–water partition coefficient (Wildman–Crippen LogP) is 6.60. The number of halogens is 6. The summed E-state index contributed by atoms with van der Waals surface area (Å²) in [6.07, 6.45) is -9.92. The van der Waals surface area contributed by atoms with E-state index in [4.69, 9.17) is 0 Å². The molecule has 0 saturated carbocycles. The Morgan fingerprint density at radius 3 is 2.14 bits per heavy atom. The molecule has 0 aliphatic carbocycles. The molecule has 0 unspecified atom stereocenters. The highest BCUT2D eigenvalue weighted by atomic mass is 19.4. The summed E-state index contributed by atoms with van der Waals surface area (Å²) in [5, 5.41) is 15.3. The van der Waals surface area contributed by atoms with Gasteiger partial charge in [-0.1, -0.05) is 36.4 Å². The summed E-state index contributed by atoms with van der Waals surface area (Å²) < 4.78 is 79.8. The van der Waals surface area contributed by atoms with E-state index < -0.39 is 29.2 Å². The normalized spacial score (nSPS) is 13.5. The Labute approximate surface area is 207 Å². The number of benzene rings is 3. The van der Waals surface area contributed by atoms with Crippen LogP contribution in [0.1, 0.15) is 22.3 Å². The maximum absolute atomic E-state index is 13.3. The van der Waals surface area contributed by atoms with Crippen molar-refractivity contribution in [3.63, 3.8) is 0 Å². The van der Waals surface area contributed by atoms with Crippen molar-refractivity contribution in [1.29, 1.82) is 0 Å². The second-order valence-electron chi connectivity index (χ2n) is 8.53. The van der Waals surface area contributed by atoms with E-state index in [0.717, 1.165) is 22.4 Å². The van der Waals surface area contributed by atoms with Gasteiger partial charge in [-0.2, -0.15) is 26.3 Å². The number of aliphatic imine (C=N–C) groups is 1. The van der Waals surface area contributed by atoms with Crippen molar-refractivity contribution in [2.45, 2.75) is 18.9 Å². The molecule has 11 heteroatoms. The Hall–Kier alpha value is -3.99. The van der Waals surface area contributed by atoms with Gasteiger partial charge >= 0.3 is 12.4 Å². The zero-order chi connectivity index (χ0) is 26.4. The molecule has 0 bridgehead atoms. The van der Waals surface area contributed by atoms with Crippen LogP contribution in [0.2, 0.25) is 0 Å². The Balaban J connectivity index is 1.56. The van der Waals surface area contributed by atoms with Crippen molar-refractivity contribution in [1.82, 2.24) is 15.5 Å². The van der Waals surface area contributed by atoms with Crippen molar-refractivity contribution in [3.8, 4) is 11.3 Å². The molecule has 190 valence electrons. The number of hydrogen-bond donors (Lipinski definition) is 2. The van der Waals surface area contributed by atoms with Gasteiger partial charge in [0.05, 0.1) is 23.4 Å². The first-order valence-electron chi connectivity index (χ1n) is 11.2. The molecule has 2 N–H and O–H groups in total. The molecule has 2 heterocycles. The minimum absolute atomic E-state index is 0.0348. The van der Waals surface area contributed by atoms with Gasteiger partial charge in [0, 0.05) is 34.1 Å². The summed E-state index contributed by atoms with van der Waals surface area (Å²) in [5.74, 6) is 0.0348. The molecule has 1 aliphatic heterocycles. The fourth-order valence-electron chi connectivity index (χ4n) is 4.31. The fraction of sp³-hybridized carbons (Fsp3) is 0.192. The lowest BCUT2D eigenvalue weighted by Gasteiger charge is -2.16. The van der Waals surface area contributed by atoms with Crippen LogP contribution in [-0.4, -0.2) is 29.5 Å². The van der Waals surface area contributed by atoms with Gasteiger partial charge in [-0.15, -0.1) is 10.2 Å². The van der Waals surface area contributed by atoms with Gasteiger partial charge in [-0.3, -0.25) is 4.99 Å². The monoisotopic (exact) mass is 515 g/mol. The van der Waals surface area contributed by atoms with E-state index in [1.807, 2.05) is 25.2 Å². The maximum Gasteiger partial charge on any atom is 0.416 e. The summed E-state index contributed by atoms with van der Waals surface area (Å²) in [5.41, 5.74) is 1.09. The Kier molecular flexibility index (Phi) is 6.10. The molecule has 0 spiro atoms.